The van der Waals surface area contributed by atoms with Crippen LogP contribution in [0.2, 0.25) is 0 Å². The summed E-state index contributed by atoms with van der Waals surface area (Å²) in [6, 6.07) is 39.5. The quantitative estimate of drug-likeness (QED) is 0.130. The number of fused-ring (bicyclic) bond motifs is 1. The van der Waals surface area contributed by atoms with Crippen molar-refractivity contribution in [3.63, 3.8) is 0 Å². The second kappa shape index (κ2) is 14.2. The summed E-state index contributed by atoms with van der Waals surface area (Å²) in [5.74, 6) is 1.65. The van der Waals surface area contributed by atoms with E-state index >= 15 is 0 Å². The van der Waals surface area contributed by atoms with Gasteiger partial charge in [-0.25, -0.2) is 4.98 Å². The van der Waals surface area contributed by atoms with E-state index < -0.39 is 0 Å². The van der Waals surface area contributed by atoms with Gasteiger partial charge < -0.3 is 14.0 Å². The third-order valence-electron chi connectivity index (χ3n) is 8.35. The highest BCUT2D eigenvalue weighted by Crippen LogP contribution is 2.48. The van der Waals surface area contributed by atoms with Crippen LogP contribution in [0.15, 0.2) is 109 Å². The van der Waals surface area contributed by atoms with Crippen molar-refractivity contribution in [2.24, 2.45) is 7.05 Å². The van der Waals surface area contributed by atoms with Gasteiger partial charge in [-0.05, 0) is 65.9 Å². The van der Waals surface area contributed by atoms with Gasteiger partial charge in [0.15, 0.2) is 0 Å². The molecule has 2 heterocycles. The summed E-state index contributed by atoms with van der Waals surface area (Å²) in [6.07, 6.45) is 4.17. The highest BCUT2D eigenvalue weighted by atomic mass is 16.5. The van der Waals surface area contributed by atoms with E-state index in [4.69, 9.17) is 14.5 Å². The Morgan fingerprint density at radius 3 is 1.57 bits per heavy atom. The van der Waals surface area contributed by atoms with E-state index in [-0.39, 0.29) is 0 Å². The molecule has 230 valence electrons. The Balaban J connectivity index is 1.66. The molecule has 0 aliphatic carbocycles. The maximum atomic E-state index is 10.7. The summed E-state index contributed by atoms with van der Waals surface area (Å²) in [4.78, 5) is 5.14. The number of hydrogen-bond acceptors (Lipinski definition) is 4. The van der Waals surface area contributed by atoms with Crippen LogP contribution in [0.5, 0.6) is 11.5 Å². The van der Waals surface area contributed by atoms with Crippen LogP contribution in [-0.2, 0) is 7.05 Å². The average Bonchev–Trinajstić information content (AvgIpc) is 3.41. The first-order chi connectivity index (χ1) is 22.6. The number of aromatic nitrogens is 2. The fourth-order valence-corrected chi connectivity index (χ4v) is 6.03. The van der Waals surface area contributed by atoms with Gasteiger partial charge in [-0.1, -0.05) is 99.5 Å². The van der Waals surface area contributed by atoms with Crippen LogP contribution in [0.25, 0.3) is 55.7 Å². The normalized spacial score (nSPS) is 11.0. The van der Waals surface area contributed by atoms with Crippen LogP contribution in [-0.4, -0.2) is 22.8 Å². The molecule has 0 fully saturated rings. The molecule has 0 aliphatic heterocycles. The Bertz CT molecular complexity index is 1950. The zero-order valence-electron chi connectivity index (χ0n) is 26.8. The number of hydrogen-bond donors (Lipinski definition) is 0. The maximum absolute atomic E-state index is 10.7. The molecule has 6 rings (SSSR count). The molecule has 5 heteroatoms. The second-order valence-electron chi connectivity index (χ2n) is 11.5. The first kappa shape index (κ1) is 30.7. The van der Waals surface area contributed by atoms with Crippen LogP contribution in [0.4, 0.5) is 0 Å². The number of nitrogens with zero attached hydrogens (tertiary/aromatic N) is 3. The minimum Gasteiger partial charge on any atom is -0.494 e. The summed E-state index contributed by atoms with van der Waals surface area (Å²) in [5, 5.41) is 12.7. The maximum Gasteiger partial charge on any atom is 0.149 e. The third-order valence-corrected chi connectivity index (χ3v) is 8.35. The standard InChI is InChI=1S/C41H39N3O2/c1-4-6-26-45-33-22-18-29(19-23-33)36-35(28-42)43-39(30-20-24-34(25-21-30)46-27-7-5-2)38-37(36)40(31-14-10-8-11-15-31)44(3)41(38)32-16-12-9-13-17-32/h8-25H,4-7,26-27H2,1-3H3. The van der Waals surface area contributed by atoms with E-state index in [1.165, 1.54) is 0 Å². The van der Waals surface area contributed by atoms with Gasteiger partial charge in [-0.2, -0.15) is 5.26 Å². The van der Waals surface area contributed by atoms with Gasteiger partial charge in [0.25, 0.3) is 0 Å². The van der Waals surface area contributed by atoms with Crippen LogP contribution >= 0.6 is 0 Å². The van der Waals surface area contributed by atoms with Crippen LogP contribution in [0.1, 0.15) is 45.2 Å². The first-order valence-electron chi connectivity index (χ1n) is 16.2. The van der Waals surface area contributed by atoms with E-state index in [9.17, 15) is 5.26 Å². The van der Waals surface area contributed by atoms with E-state index in [0.29, 0.717) is 18.9 Å². The molecule has 0 bridgehead atoms. The lowest BCUT2D eigenvalue weighted by molar-refractivity contribution is 0.309. The molecule has 0 saturated carbocycles. The Morgan fingerprint density at radius 2 is 1.09 bits per heavy atom. The summed E-state index contributed by atoms with van der Waals surface area (Å²) >= 11 is 0. The van der Waals surface area contributed by atoms with E-state index in [1.54, 1.807) is 0 Å². The van der Waals surface area contributed by atoms with Gasteiger partial charge in [0.1, 0.15) is 23.3 Å². The Labute approximate surface area is 271 Å². The third kappa shape index (κ3) is 6.12. The highest BCUT2D eigenvalue weighted by Gasteiger charge is 2.27. The molecule has 46 heavy (non-hydrogen) atoms. The summed E-state index contributed by atoms with van der Waals surface area (Å²) < 4.78 is 14.2. The number of pyridine rings is 1. The van der Waals surface area contributed by atoms with E-state index in [0.717, 1.165) is 92.9 Å². The summed E-state index contributed by atoms with van der Waals surface area (Å²) in [5.41, 5.74) is 8.05. The summed E-state index contributed by atoms with van der Waals surface area (Å²) in [6.45, 7) is 5.68. The van der Waals surface area contributed by atoms with E-state index in [2.05, 4.69) is 92.2 Å². The number of unbranched alkanes of at least 4 members (excludes halogenated alkanes) is 2. The number of benzene rings is 4. The Hall–Kier alpha value is -5.34. The highest BCUT2D eigenvalue weighted by molar-refractivity contribution is 6.17. The second-order valence-corrected chi connectivity index (χ2v) is 11.5. The van der Waals surface area contributed by atoms with Crippen molar-refractivity contribution in [2.75, 3.05) is 13.2 Å². The number of nitriles is 1. The summed E-state index contributed by atoms with van der Waals surface area (Å²) in [7, 11) is 2.11. The molecule has 6 aromatic rings. The monoisotopic (exact) mass is 605 g/mol. The molecule has 0 spiro atoms. The molecule has 0 N–H and O–H groups in total. The van der Waals surface area contributed by atoms with Gasteiger partial charge >= 0.3 is 0 Å². The molecular weight excluding hydrogens is 566 g/mol. The van der Waals surface area contributed by atoms with Gasteiger partial charge in [0.05, 0.1) is 30.3 Å². The van der Waals surface area contributed by atoms with E-state index in [1.807, 2.05) is 48.5 Å². The van der Waals surface area contributed by atoms with Gasteiger partial charge in [-0.15, -0.1) is 0 Å². The van der Waals surface area contributed by atoms with Crippen LogP contribution < -0.4 is 9.47 Å². The molecule has 0 aliphatic rings. The van der Waals surface area contributed by atoms with Crippen molar-refractivity contribution in [3.8, 4) is 62.5 Å². The van der Waals surface area contributed by atoms with Crippen LogP contribution in [0.3, 0.4) is 0 Å². The molecule has 0 atom stereocenters. The molecule has 2 aromatic heterocycles. The topological polar surface area (TPSA) is 60.1 Å². The average molecular weight is 606 g/mol. The predicted molar refractivity (Wildman–Crippen MR) is 188 cm³/mol. The largest absolute Gasteiger partial charge is 0.494 e. The molecule has 0 amide bonds. The van der Waals surface area contributed by atoms with Crippen molar-refractivity contribution in [3.05, 3.63) is 115 Å². The Morgan fingerprint density at radius 1 is 0.609 bits per heavy atom. The van der Waals surface area contributed by atoms with Gasteiger partial charge in [-0.3, -0.25) is 0 Å². The Kier molecular flexibility index (Phi) is 9.45. The fourth-order valence-electron chi connectivity index (χ4n) is 6.03. The lowest BCUT2D eigenvalue weighted by Gasteiger charge is -2.14. The SMILES string of the molecule is CCCCOc1ccc(-c2nc(C#N)c(-c3ccc(OCCCC)cc3)c3c(-c4ccccc4)n(C)c(-c4ccccc4)c23)cc1. The van der Waals surface area contributed by atoms with Crippen molar-refractivity contribution in [1.29, 1.82) is 5.26 Å². The fraction of sp³-hybridized carbons (Fsp3) is 0.220. The molecule has 4 aromatic carbocycles. The van der Waals surface area contributed by atoms with Crippen molar-refractivity contribution < 1.29 is 9.47 Å². The van der Waals surface area contributed by atoms with Crippen molar-refractivity contribution in [1.82, 2.24) is 9.55 Å². The van der Waals surface area contributed by atoms with Crippen LogP contribution in [0, 0.1) is 11.3 Å². The number of ether oxygens (including phenoxy) is 2. The molecule has 0 radical (unpaired) electrons. The minimum absolute atomic E-state index is 0.382. The van der Waals surface area contributed by atoms with Gasteiger partial charge in [0.2, 0.25) is 0 Å². The molecule has 0 unspecified atom stereocenters. The van der Waals surface area contributed by atoms with Gasteiger partial charge in [0, 0.05) is 28.9 Å². The van der Waals surface area contributed by atoms with Crippen molar-refractivity contribution >= 4 is 10.8 Å². The first-order valence-corrected chi connectivity index (χ1v) is 16.2. The lowest BCUT2D eigenvalue weighted by Crippen LogP contribution is -1.98. The minimum atomic E-state index is 0.382. The molecule has 0 saturated heterocycles. The number of rotatable bonds is 12. The molecule has 5 nitrogen and oxygen atoms in total. The van der Waals surface area contributed by atoms with Crippen molar-refractivity contribution in [2.45, 2.75) is 39.5 Å². The predicted octanol–water partition coefficient (Wildman–Crippen LogP) is 10.5. The zero-order valence-corrected chi connectivity index (χ0v) is 26.8. The smallest absolute Gasteiger partial charge is 0.149 e. The zero-order chi connectivity index (χ0) is 31.9. The lowest BCUT2D eigenvalue weighted by atomic mass is 9.92. The molecular formula is C41H39N3O2.